The lowest BCUT2D eigenvalue weighted by molar-refractivity contribution is -0.462. The van der Waals surface area contributed by atoms with Crippen LogP contribution in [0.2, 0.25) is 0 Å². The normalized spacial score (nSPS) is 14.8. The summed E-state index contributed by atoms with van der Waals surface area (Å²) < 4.78 is 1.89. The van der Waals surface area contributed by atoms with E-state index in [9.17, 15) is 4.79 Å². The monoisotopic (exact) mass is 242 g/mol. The summed E-state index contributed by atoms with van der Waals surface area (Å²) in [4.78, 5) is 11.0. The molecule has 4 heteroatoms. The molecule has 0 bridgehead atoms. The van der Waals surface area contributed by atoms with Gasteiger partial charge in [-0.15, -0.1) is 0 Å². The lowest BCUT2D eigenvalue weighted by Gasteiger charge is -2.13. The summed E-state index contributed by atoms with van der Waals surface area (Å²) in [7, 11) is 1.87. The standard InChI is InChI=1S/C14H15N3O/c1-16-14-12(4-3-9-17(14)2)10-5-7-11(8-6-10)13(15)18/h3-8H,2,9H2,1H3,(H2-,15,16,18)/p+1. The van der Waals surface area contributed by atoms with Gasteiger partial charge in [-0.05, 0) is 29.8 Å². The summed E-state index contributed by atoms with van der Waals surface area (Å²) in [6, 6.07) is 7.23. The third-order valence-corrected chi connectivity index (χ3v) is 2.90. The fourth-order valence-corrected chi connectivity index (χ4v) is 1.98. The zero-order valence-corrected chi connectivity index (χ0v) is 10.3. The molecule has 0 aliphatic carbocycles. The summed E-state index contributed by atoms with van der Waals surface area (Å²) in [5, 5.41) is 3.14. The highest BCUT2D eigenvalue weighted by atomic mass is 16.1. The lowest BCUT2D eigenvalue weighted by Crippen LogP contribution is -2.24. The first kappa shape index (κ1) is 12.1. The van der Waals surface area contributed by atoms with E-state index in [2.05, 4.69) is 12.0 Å². The number of primary amides is 1. The SMILES string of the molecule is C=[N+]1CC=CC(c2ccc(C(N)=O)cc2)=C1NC. The zero-order chi connectivity index (χ0) is 13.1. The minimum atomic E-state index is -0.414. The molecule has 0 saturated carbocycles. The second-order valence-electron chi connectivity index (χ2n) is 4.08. The van der Waals surface area contributed by atoms with Gasteiger partial charge in [-0.25, -0.2) is 4.58 Å². The van der Waals surface area contributed by atoms with Crippen LogP contribution in [-0.4, -0.2) is 30.8 Å². The van der Waals surface area contributed by atoms with E-state index >= 15 is 0 Å². The molecule has 0 spiro atoms. The molecule has 1 aromatic carbocycles. The van der Waals surface area contributed by atoms with Crippen molar-refractivity contribution in [1.82, 2.24) is 5.32 Å². The van der Waals surface area contributed by atoms with Crippen LogP contribution in [0.4, 0.5) is 0 Å². The van der Waals surface area contributed by atoms with Gasteiger partial charge in [-0.2, -0.15) is 0 Å². The molecule has 0 unspecified atom stereocenters. The number of hydrogen-bond acceptors (Lipinski definition) is 2. The Hall–Kier alpha value is -2.36. The van der Waals surface area contributed by atoms with Gasteiger partial charge in [-0.3, -0.25) is 10.1 Å². The Morgan fingerprint density at radius 3 is 2.61 bits per heavy atom. The summed E-state index contributed by atoms with van der Waals surface area (Å²) >= 11 is 0. The van der Waals surface area contributed by atoms with Gasteiger partial charge in [0.2, 0.25) is 5.91 Å². The number of carbonyl (C=O) groups excluding carboxylic acids is 1. The predicted octanol–water partition coefficient (Wildman–Crippen LogP) is 0.956. The van der Waals surface area contributed by atoms with Crippen LogP contribution in [0.3, 0.4) is 0 Å². The minimum Gasteiger partial charge on any atom is -0.366 e. The predicted molar refractivity (Wildman–Crippen MR) is 72.3 cm³/mol. The molecule has 1 aromatic rings. The average Bonchev–Trinajstić information content (AvgIpc) is 2.38. The summed E-state index contributed by atoms with van der Waals surface area (Å²) in [6.07, 6.45) is 4.10. The second-order valence-corrected chi connectivity index (χ2v) is 4.08. The number of hydrogen-bond donors (Lipinski definition) is 2. The molecule has 0 aromatic heterocycles. The Kier molecular flexibility index (Phi) is 3.28. The van der Waals surface area contributed by atoms with Gasteiger partial charge in [0.05, 0.1) is 19.3 Å². The Labute approximate surface area is 106 Å². The maximum atomic E-state index is 11.0. The first-order chi connectivity index (χ1) is 8.63. The molecule has 1 amide bonds. The first-order valence-corrected chi connectivity index (χ1v) is 5.70. The molecule has 3 N–H and O–H groups in total. The van der Waals surface area contributed by atoms with Crippen molar-refractivity contribution in [2.75, 3.05) is 13.6 Å². The number of nitrogens with zero attached hydrogens (tertiary/aromatic N) is 1. The van der Waals surface area contributed by atoms with Crippen LogP contribution in [0.15, 0.2) is 42.2 Å². The van der Waals surface area contributed by atoms with Crippen molar-refractivity contribution >= 4 is 18.2 Å². The van der Waals surface area contributed by atoms with Gasteiger partial charge in [0, 0.05) is 5.56 Å². The maximum absolute atomic E-state index is 11.0. The van der Waals surface area contributed by atoms with Crippen molar-refractivity contribution in [3.63, 3.8) is 0 Å². The number of nitrogens with one attached hydrogen (secondary N) is 1. The summed E-state index contributed by atoms with van der Waals surface area (Å²) in [6.45, 7) is 4.74. The molecule has 1 aliphatic heterocycles. The van der Waals surface area contributed by atoms with Crippen molar-refractivity contribution in [3.8, 4) is 0 Å². The van der Waals surface area contributed by atoms with Crippen LogP contribution in [0.25, 0.3) is 5.57 Å². The van der Waals surface area contributed by atoms with E-state index in [1.807, 2.05) is 35.9 Å². The topological polar surface area (TPSA) is 58.1 Å². The summed E-state index contributed by atoms with van der Waals surface area (Å²) in [5.41, 5.74) is 7.81. The van der Waals surface area contributed by atoms with E-state index in [1.165, 1.54) is 0 Å². The van der Waals surface area contributed by atoms with Gasteiger partial charge < -0.3 is 5.73 Å². The fourth-order valence-electron chi connectivity index (χ4n) is 1.98. The molecule has 18 heavy (non-hydrogen) atoms. The van der Waals surface area contributed by atoms with Crippen molar-refractivity contribution < 1.29 is 9.37 Å². The molecular formula is C14H16N3O+. The largest absolute Gasteiger partial charge is 0.366 e. The molecule has 92 valence electrons. The van der Waals surface area contributed by atoms with E-state index in [4.69, 9.17) is 5.73 Å². The molecule has 2 rings (SSSR count). The highest BCUT2D eigenvalue weighted by Crippen LogP contribution is 2.22. The average molecular weight is 242 g/mol. The Bertz CT molecular complexity index is 553. The van der Waals surface area contributed by atoms with Crippen molar-refractivity contribution in [3.05, 3.63) is 53.4 Å². The zero-order valence-electron chi connectivity index (χ0n) is 10.3. The minimum absolute atomic E-state index is 0.414. The highest BCUT2D eigenvalue weighted by Gasteiger charge is 2.17. The third-order valence-electron chi connectivity index (χ3n) is 2.90. The molecule has 0 saturated heterocycles. The van der Waals surface area contributed by atoms with E-state index < -0.39 is 5.91 Å². The number of benzene rings is 1. The van der Waals surface area contributed by atoms with E-state index in [0.717, 1.165) is 23.5 Å². The van der Waals surface area contributed by atoms with Crippen LogP contribution < -0.4 is 11.1 Å². The van der Waals surface area contributed by atoms with Crippen LogP contribution in [0.1, 0.15) is 15.9 Å². The molecular weight excluding hydrogens is 226 g/mol. The third kappa shape index (κ3) is 2.18. The lowest BCUT2D eigenvalue weighted by atomic mass is 10.0. The Balaban J connectivity index is 2.44. The summed E-state index contributed by atoms with van der Waals surface area (Å²) in [5.74, 6) is 0.548. The van der Waals surface area contributed by atoms with E-state index in [-0.39, 0.29) is 0 Å². The number of nitrogens with two attached hydrogens (primary N) is 1. The Morgan fingerprint density at radius 2 is 2.06 bits per heavy atom. The number of carbonyl (C=O) groups is 1. The van der Waals surface area contributed by atoms with Gasteiger partial charge in [0.1, 0.15) is 6.54 Å². The van der Waals surface area contributed by atoms with E-state index in [0.29, 0.717) is 5.56 Å². The van der Waals surface area contributed by atoms with Gasteiger partial charge in [0.25, 0.3) is 5.82 Å². The van der Waals surface area contributed by atoms with Crippen molar-refractivity contribution in [1.29, 1.82) is 0 Å². The van der Waals surface area contributed by atoms with Gasteiger partial charge >= 0.3 is 0 Å². The van der Waals surface area contributed by atoms with Gasteiger partial charge in [0.15, 0.2) is 0 Å². The highest BCUT2D eigenvalue weighted by molar-refractivity contribution is 5.93. The second kappa shape index (κ2) is 4.87. The number of rotatable bonds is 3. The first-order valence-electron chi connectivity index (χ1n) is 5.70. The number of allylic oxidation sites excluding steroid dienone is 2. The molecule has 4 nitrogen and oxygen atoms in total. The Morgan fingerprint density at radius 1 is 1.39 bits per heavy atom. The maximum Gasteiger partial charge on any atom is 0.281 e. The van der Waals surface area contributed by atoms with Crippen LogP contribution >= 0.6 is 0 Å². The van der Waals surface area contributed by atoms with Crippen LogP contribution in [-0.2, 0) is 0 Å². The quantitative estimate of drug-likeness (QED) is 0.776. The number of amides is 1. The molecule has 0 fully saturated rings. The van der Waals surface area contributed by atoms with E-state index in [1.54, 1.807) is 12.1 Å². The van der Waals surface area contributed by atoms with Crippen LogP contribution in [0.5, 0.6) is 0 Å². The fraction of sp³-hybridized carbons (Fsp3) is 0.143. The molecule has 1 heterocycles. The van der Waals surface area contributed by atoms with Gasteiger partial charge in [-0.1, -0.05) is 12.1 Å². The smallest absolute Gasteiger partial charge is 0.281 e. The van der Waals surface area contributed by atoms with Crippen molar-refractivity contribution in [2.24, 2.45) is 5.73 Å². The molecule has 0 atom stereocenters. The molecule has 1 aliphatic rings. The van der Waals surface area contributed by atoms with Crippen LogP contribution in [0, 0.1) is 0 Å². The molecule has 0 radical (unpaired) electrons. The van der Waals surface area contributed by atoms with Crippen molar-refractivity contribution in [2.45, 2.75) is 0 Å².